The van der Waals surface area contributed by atoms with Crippen molar-refractivity contribution in [2.75, 3.05) is 13.3 Å². The fourth-order valence-electron chi connectivity index (χ4n) is 3.41. The van der Waals surface area contributed by atoms with Crippen molar-refractivity contribution in [3.63, 3.8) is 0 Å². The summed E-state index contributed by atoms with van der Waals surface area (Å²) in [6, 6.07) is 7.99. The molecule has 0 radical (unpaired) electrons. The lowest BCUT2D eigenvalue weighted by atomic mass is 10.3. The minimum Gasteiger partial charge on any atom is -0.338 e. The van der Waals surface area contributed by atoms with Gasteiger partial charge in [0.1, 0.15) is 12.4 Å². The largest absolute Gasteiger partial charge is 0.338 e. The molecule has 1 aromatic carbocycles. The number of aromatic nitrogens is 4. The number of imidazole rings is 2. The number of benzene rings is 1. The van der Waals surface area contributed by atoms with Crippen molar-refractivity contribution in [3.05, 3.63) is 52.6 Å². The zero-order valence-electron chi connectivity index (χ0n) is 16.5. The molecule has 0 fully saturated rings. The van der Waals surface area contributed by atoms with E-state index in [1.807, 2.05) is 49.1 Å². The highest BCUT2D eigenvalue weighted by Gasteiger charge is 2.19. The summed E-state index contributed by atoms with van der Waals surface area (Å²) < 4.78 is 4.14. The molecule has 0 saturated carbocycles. The van der Waals surface area contributed by atoms with E-state index in [1.54, 1.807) is 28.0 Å². The molecule has 3 aromatic heterocycles. The molecule has 3 heterocycles. The zero-order valence-corrected chi connectivity index (χ0v) is 18.1. The third-order valence-electron chi connectivity index (χ3n) is 4.85. The van der Waals surface area contributed by atoms with Crippen LogP contribution in [0.1, 0.15) is 22.1 Å². The van der Waals surface area contributed by atoms with Crippen LogP contribution in [0.3, 0.4) is 0 Å². The Labute approximate surface area is 172 Å². The van der Waals surface area contributed by atoms with Crippen LogP contribution in [-0.2, 0) is 23.6 Å². The normalized spacial score (nSPS) is 11.6. The summed E-state index contributed by atoms with van der Waals surface area (Å²) in [4.78, 5) is 26.3. The monoisotopic (exact) mass is 413 g/mol. The molecule has 8 heteroatoms. The third kappa shape index (κ3) is 3.42. The van der Waals surface area contributed by atoms with Gasteiger partial charge in [-0.1, -0.05) is 12.1 Å². The molecule has 0 N–H and O–H groups in total. The Morgan fingerprint density at radius 3 is 2.82 bits per heavy atom. The van der Waals surface area contributed by atoms with Crippen LogP contribution in [0.5, 0.6) is 0 Å². The number of nitrogens with zero attached hydrogens (tertiary/aromatic N) is 5. The summed E-state index contributed by atoms with van der Waals surface area (Å²) in [7, 11) is 1.85. The maximum absolute atomic E-state index is 13.0. The maximum atomic E-state index is 13.0. The topological polar surface area (TPSA) is 55.4 Å². The van der Waals surface area contributed by atoms with Gasteiger partial charge < -0.3 is 9.47 Å². The van der Waals surface area contributed by atoms with Gasteiger partial charge in [0, 0.05) is 18.1 Å². The molecule has 0 spiro atoms. The number of carbonyl (C=O) groups is 1. The Hall–Kier alpha value is -2.32. The third-order valence-corrected chi connectivity index (χ3v) is 6.30. The number of likely N-dealkylation sites (N-methyl/N-ethyl adjacent to an activating group) is 1. The lowest BCUT2D eigenvalue weighted by Crippen LogP contribution is -2.31. The molecule has 28 heavy (non-hydrogen) atoms. The molecule has 4 aromatic rings. The molecule has 6 nitrogen and oxygen atoms in total. The number of amides is 1. The molecule has 0 aliphatic heterocycles. The Bertz CT molecular complexity index is 1160. The van der Waals surface area contributed by atoms with Crippen LogP contribution < -0.4 is 0 Å². The minimum atomic E-state index is 0.0619. The van der Waals surface area contributed by atoms with Gasteiger partial charge in [0.25, 0.3) is 0 Å². The number of carbonyl (C=O) groups excluding carboxylic acids is 1. The molecule has 0 saturated heterocycles. The molecule has 1 amide bonds. The SMILES string of the molecule is CSCc1nc2ccccc2n1CC(=O)N(C)Cc1c(C)nc2sc(C)cn12. The molecule has 4 rings (SSSR count). The molecule has 0 atom stereocenters. The van der Waals surface area contributed by atoms with Gasteiger partial charge >= 0.3 is 0 Å². The number of hydrogen-bond acceptors (Lipinski definition) is 5. The van der Waals surface area contributed by atoms with Gasteiger partial charge in [-0.3, -0.25) is 9.20 Å². The second-order valence-electron chi connectivity index (χ2n) is 6.92. The van der Waals surface area contributed by atoms with E-state index in [0.29, 0.717) is 6.54 Å². The highest BCUT2D eigenvalue weighted by molar-refractivity contribution is 7.97. The number of para-hydroxylation sites is 2. The van der Waals surface area contributed by atoms with Crippen LogP contribution in [0, 0.1) is 13.8 Å². The number of aryl methyl sites for hydroxylation is 2. The van der Waals surface area contributed by atoms with Crippen LogP contribution >= 0.6 is 23.1 Å². The predicted octanol–water partition coefficient (Wildman–Crippen LogP) is 3.88. The van der Waals surface area contributed by atoms with Crippen molar-refractivity contribution in [1.29, 1.82) is 0 Å². The highest BCUT2D eigenvalue weighted by Crippen LogP contribution is 2.22. The summed E-state index contributed by atoms with van der Waals surface area (Å²) in [5.41, 5.74) is 3.98. The molecule has 0 aliphatic rings. The van der Waals surface area contributed by atoms with Crippen molar-refractivity contribution >= 4 is 45.0 Å². The van der Waals surface area contributed by atoms with Crippen LogP contribution in [0.15, 0.2) is 30.5 Å². The molecular weight excluding hydrogens is 390 g/mol. The molecule has 0 aliphatic carbocycles. The van der Waals surface area contributed by atoms with E-state index in [-0.39, 0.29) is 12.5 Å². The maximum Gasteiger partial charge on any atom is 0.242 e. The minimum absolute atomic E-state index is 0.0619. The van der Waals surface area contributed by atoms with Crippen molar-refractivity contribution < 1.29 is 4.79 Å². The summed E-state index contributed by atoms with van der Waals surface area (Å²) in [6.45, 7) is 4.90. The van der Waals surface area contributed by atoms with Gasteiger partial charge in [0.2, 0.25) is 5.91 Å². The van der Waals surface area contributed by atoms with E-state index in [1.165, 1.54) is 4.88 Å². The Balaban J connectivity index is 1.59. The summed E-state index contributed by atoms with van der Waals surface area (Å²) in [6.07, 6.45) is 4.14. The first kappa shape index (κ1) is 19.0. The molecule has 146 valence electrons. The lowest BCUT2D eigenvalue weighted by Gasteiger charge is -2.18. The number of fused-ring (bicyclic) bond motifs is 2. The van der Waals surface area contributed by atoms with E-state index >= 15 is 0 Å². The summed E-state index contributed by atoms with van der Waals surface area (Å²) in [5.74, 6) is 1.78. The van der Waals surface area contributed by atoms with Crippen molar-refractivity contribution in [1.82, 2.24) is 23.8 Å². The number of rotatable bonds is 6. The van der Waals surface area contributed by atoms with Crippen LogP contribution in [0.4, 0.5) is 0 Å². The van der Waals surface area contributed by atoms with Crippen molar-refractivity contribution in [3.8, 4) is 0 Å². The van der Waals surface area contributed by atoms with E-state index in [2.05, 4.69) is 22.5 Å². The summed E-state index contributed by atoms with van der Waals surface area (Å²) >= 11 is 3.38. The molecule has 0 bridgehead atoms. The fraction of sp³-hybridized carbons (Fsp3) is 0.350. The first-order chi connectivity index (χ1) is 13.5. The first-order valence-electron chi connectivity index (χ1n) is 9.09. The second-order valence-corrected chi connectivity index (χ2v) is 9.00. The van der Waals surface area contributed by atoms with Gasteiger partial charge in [-0.2, -0.15) is 11.8 Å². The number of hydrogen-bond donors (Lipinski definition) is 0. The summed E-state index contributed by atoms with van der Waals surface area (Å²) in [5, 5.41) is 0. The number of thiazole rings is 1. The van der Waals surface area contributed by atoms with Crippen LogP contribution in [0.25, 0.3) is 16.0 Å². The van der Waals surface area contributed by atoms with E-state index in [9.17, 15) is 4.79 Å². The smallest absolute Gasteiger partial charge is 0.242 e. The molecular formula is C20H23N5OS2. The molecule has 0 unspecified atom stereocenters. The van der Waals surface area contributed by atoms with Gasteiger partial charge in [0.05, 0.1) is 34.7 Å². The average molecular weight is 414 g/mol. The lowest BCUT2D eigenvalue weighted by molar-refractivity contribution is -0.131. The average Bonchev–Trinajstić information content (AvgIpc) is 3.28. The standard InChI is InChI=1S/C20H23N5OS2/c1-13-9-25-17(14(2)21-20(25)28-13)10-23(3)19(26)11-24-16-8-6-5-7-15(16)22-18(24)12-27-4/h5-9H,10-12H2,1-4H3. The number of thioether (sulfide) groups is 1. The van der Waals surface area contributed by atoms with Crippen molar-refractivity contribution in [2.24, 2.45) is 0 Å². The van der Waals surface area contributed by atoms with Gasteiger partial charge in [-0.25, -0.2) is 9.97 Å². The Morgan fingerprint density at radius 2 is 2.04 bits per heavy atom. The Morgan fingerprint density at radius 1 is 1.25 bits per heavy atom. The first-order valence-corrected chi connectivity index (χ1v) is 11.3. The Kier molecular flexibility index (Phi) is 5.16. The van der Waals surface area contributed by atoms with E-state index in [4.69, 9.17) is 4.98 Å². The van der Waals surface area contributed by atoms with Gasteiger partial charge in [0.15, 0.2) is 4.96 Å². The quantitative estimate of drug-likeness (QED) is 0.481. The van der Waals surface area contributed by atoms with Crippen LogP contribution in [0.2, 0.25) is 0 Å². The predicted molar refractivity (Wildman–Crippen MR) is 116 cm³/mol. The van der Waals surface area contributed by atoms with Crippen molar-refractivity contribution in [2.45, 2.75) is 32.7 Å². The highest BCUT2D eigenvalue weighted by atomic mass is 32.2. The van der Waals surface area contributed by atoms with Gasteiger partial charge in [-0.15, -0.1) is 11.3 Å². The van der Waals surface area contributed by atoms with Crippen LogP contribution in [-0.4, -0.2) is 43.0 Å². The second kappa shape index (κ2) is 7.60. The van der Waals surface area contributed by atoms with E-state index < -0.39 is 0 Å². The van der Waals surface area contributed by atoms with E-state index in [0.717, 1.165) is 39.0 Å². The zero-order chi connectivity index (χ0) is 19.8. The fourth-order valence-corrected chi connectivity index (χ4v) is 4.78. The van der Waals surface area contributed by atoms with Gasteiger partial charge in [-0.05, 0) is 32.2 Å².